The van der Waals surface area contributed by atoms with Crippen LogP contribution in [-0.4, -0.2) is 26.5 Å². The monoisotopic (exact) mass is 389 g/mol. The highest BCUT2D eigenvalue weighted by Crippen LogP contribution is 2.22. The Bertz CT molecular complexity index is 963. The van der Waals surface area contributed by atoms with Crippen LogP contribution in [0.5, 0.6) is 0 Å². The van der Waals surface area contributed by atoms with Crippen LogP contribution in [-0.2, 0) is 14.8 Å². The van der Waals surface area contributed by atoms with Gasteiger partial charge in [0.2, 0.25) is 15.9 Å². The Labute approximate surface area is 159 Å². The maximum absolute atomic E-state index is 12.6. The summed E-state index contributed by atoms with van der Waals surface area (Å²) in [5, 5.41) is 5.51. The number of amides is 2. The molecular weight excluding hydrogens is 366 g/mol. The van der Waals surface area contributed by atoms with Crippen molar-refractivity contribution in [3.8, 4) is 0 Å². The van der Waals surface area contributed by atoms with Crippen LogP contribution in [0.4, 0.5) is 17.1 Å². The molecule has 0 fully saturated rings. The standard InChI is InChI=1S/C19H23N3O4S/c1-19(2,3)18(24)21-14-9-7-8-13(12-14)20-17(23)15-10-5-6-11-16(15)22-27(4,25)26/h5-12,22H,1-4H3,(H,20,23)(H,21,24). The SMILES string of the molecule is CC(C)(C)C(=O)Nc1cccc(NC(=O)c2ccccc2NS(C)(=O)=O)c1. The molecule has 0 spiro atoms. The minimum absolute atomic E-state index is 0.145. The van der Waals surface area contributed by atoms with Crippen molar-refractivity contribution >= 4 is 38.9 Å². The van der Waals surface area contributed by atoms with Gasteiger partial charge in [0.1, 0.15) is 0 Å². The van der Waals surface area contributed by atoms with Gasteiger partial charge in [-0.05, 0) is 30.3 Å². The number of benzene rings is 2. The van der Waals surface area contributed by atoms with Crippen molar-refractivity contribution in [1.82, 2.24) is 0 Å². The second kappa shape index (κ2) is 7.79. The van der Waals surface area contributed by atoms with Crippen LogP contribution < -0.4 is 15.4 Å². The fraction of sp³-hybridized carbons (Fsp3) is 0.263. The first kappa shape index (κ1) is 20.4. The molecular formula is C19H23N3O4S. The van der Waals surface area contributed by atoms with E-state index < -0.39 is 21.3 Å². The molecule has 0 saturated heterocycles. The Balaban J connectivity index is 2.20. The Morgan fingerprint density at radius 3 is 2.07 bits per heavy atom. The molecule has 0 saturated carbocycles. The topological polar surface area (TPSA) is 104 Å². The number of hydrogen-bond donors (Lipinski definition) is 3. The van der Waals surface area contributed by atoms with Crippen molar-refractivity contribution in [2.24, 2.45) is 5.41 Å². The molecule has 7 nitrogen and oxygen atoms in total. The van der Waals surface area contributed by atoms with Crippen molar-refractivity contribution in [3.63, 3.8) is 0 Å². The van der Waals surface area contributed by atoms with Crippen LogP contribution >= 0.6 is 0 Å². The largest absolute Gasteiger partial charge is 0.326 e. The summed E-state index contributed by atoms with van der Waals surface area (Å²) in [4.78, 5) is 24.7. The molecule has 0 aliphatic carbocycles. The van der Waals surface area contributed by atoms with Crippen molar-refractivity contribution in [2.45, 2.75) is 20.8 Å². The number of carbonyl (C=O) groups excluding carboxylic acids is 2. The number of sulfonamides is 1. The molecule has 0 heterocycles. The minimum atomic E-state index is -3.52. The zero-order valence-corrected chi connectivity index (χ0v) is 16.5. The molecule has 144 valence electrons. The third kappa shape index (κ3) is 6.10. The van der Waals surface area contributed by atoms with Crippen LogP contribution in [0.15, 0.2) is 48.5 Å². The highest BCUT2D eigenvalue weighted by molar-refractivity contribution is 7.92. The quantitative estimate of drug-likeness (QED) is 0.730. The number of rotatable bonds is 5. The zero-order chi connectivity index (χ0) is 20.2. The molecule has 2 rings (SSSR count). The summed E-state index contributed by atoms with van der Waals surface area (Å²) < 4.78 is 25.3. The number of hydrogen-bond acceptors (Lipinski definition) is 4. The highest BCUT2D eigenvalue weighted by Gasteiger charge is 2.21. The van der Waals surface area contributed by atoms with Gasteiger partial charge in [0.25, 0.3) is 5.91 Å². The van der Waals surface area contributed by atoms with Crippen molar-refractivity contribution < 1.29 is 18.0 Å². The molecule has 0 unspecified atom stereocenters. The normalized spacial score (nSPS) is 11.6. The maximum atomic E-state index is 12.6. The van der Waals surface area contributed by atoms with E-state index in [-0.39, 0.29) is 17.2 Å². The molecule has 2 aromatic rings. The van der Waals surface area contributed by atoms with Gasteiger partial charge in [-0.25, -0.2) is 8.42 Å². The van der Waals surface area contributed by atoms with Crippen molar-refractivity contribution in [1.29, 1.82) is 0 Å². The fourth-order valence-electron chi connectivity index (χ4n) is 2.16. The summed E-state index contributed by atoms with van der Waals surface area (Å²) in [6.45, 7) is 5.42. The van der Waals surface area contributed by atoms with Crippen LogP contribution in [0.3, 0.4) is 0 Å². The summed E-state index contributed by atoms with van der Waals surface area (Å²) in [5.41, 5.74) is 0.855. The molecule has 3 N–H and O–H groups in total. The molecule has 0 aliphatic rings. The summed E-state index contributed by atoms with van der Waals surface area (Å²) >= 11 is 0. The summed E-state index contributed by atoms with van der Waals surface area (Å²) in [6.07, 6.45) is 1.02. The van der Waals surface area contributed by atoms with E-state index in [1.807, 2.05) is 0 Å². The molecule has 2 amide bonds. The second-order valence-electron chi connectivity index (χ2n) is 7.16. The lowest BCUT2D eigenvalue weighted by molar-refractivity contribution is -0.123. The molecule has 0 atom stereocenters. The molecule has 27 heavy (non-hydrogen) atoms. The van der Waals surface area contributed by atoms with E-state index in [9.17, 15) is 18.0 Å². The Morgan fingerprint density at radius 2 is 1.48 bits per heavy atom. The molecule has 0 aliphatic heterocycles. The van der Waals surface area contributed by atoms with Crippen LogP contribution in [0.25, 0.3) is 0 Å². The lowest BCUT2D eigenvalue weighted by atomic mass is 9.95. The summed E-state index contributed by atoms with van der Waals surface area (Å²) in [7, 11) is -3.52. The van der Waals surface area contributed by atoms with Gasteiger partial charge in [-0.1, -0.05) is 39.0 Å². The van der Waals surface area contributed by atoms with E-state index in [0.717, 1.165) is 6.26 Å². The van der Waals surface area contributed by atoms with E-state index in [1.54, 1.807) is 57.2 Å². The van der Waals surface area contributed by atoms with Gasteiger partial charge < -0.3 is 10.6 Å². The van der Waals surface area contributed by atoms with Crippen LogP contribution in [0.1, 0.15) is 31.1 Å². The van der Waals surface area contributed by atoms with E-state index in [4.69, 9.17) is 0 Å². The van der Waals surface area contributed by atoms with Crippen LogP contribution in [0.2, 0.25) is 0 Å². The highest BCUT2D eigenvalue weighted by atomic mass is 32.2. The first-order chi connectivity index (χ1) is 12.5. The first-order valence-electron chi connectivity index (χ1n) is 8.25. The molecule has 0 radical (unpaired) electrons. The predicted octanol–water partition coefficient (Wildman–Crippen LogP) is 3.30. The number of anilines is 3. The zero-order valence-electron chi connectivity index (χ0n) is 15.7. The second-order valence-corrected chi connectivity index (χ2v) is 8.91. The first-order valence-corrected chi connectivity index (χ1v) is 10.1. The van der Waals surface area contributed by atoms with Gasteiger partial charge in [-0.2, -0.15) is 0 Å². The molecule has 8 heteroatoms. The third-order valence-corrected chi connectivity index (χ3v) is 4.12. The number of para-hydroxylation sites is 1. The van der Waals surface area contributed by atoms with Gasteiger partial charge in [0.05, 0.1) is 17.5 Å². The average molecular weight is 389 g/mol. The Kier molecular flexibility index (Phi) is 5.90. The molecule has 2 aromatic carbocycles. The smallest absolute Gasteiger partial charge is 0.257 e. The number of nitrogens with one attached hydrogen (secondary N) is 3. The van der Waals surface area contributed by atoms with Gasteiger partial charge in [-0.3, -0.25) is 14.3 Å². The van der Waals surface area contributed by atoms with Crippen molar-refractivity contribution in [3.05, 3.63) is 54.1 Å². The summed E-state index contributed by atoms with van der Waals surface area (Å²) in [6, 6.07) is 13.0. The van der Waals surface area contributed by atoms with E-state index in [2.05, 4.69) is 15.4 Å². The van der Waals surface area contributed by atoms with Gasteiger partial charge in [0, 0.05) is 16.8 Å². The Morgan fingerprint density at radius 1 is 0.889 bits per heavy atom. The van der Waals surface area contributed by atoms with E-state index in [0.29, 0.717) is 11.4 Å². The van der Waals surface area contributed by atoms with Crippen LogP contribution in [0, 0.1) is 5.41 Å². The van der Waals surface area contributed by atoms with Gasteiger partial charge in [0.15, 0.2) is 0 Å². The van der Waals surface area contributed by atoms with Crippen molar-refractivity contribution in [2.75, 3.05) is 21.6 Å². The maximum Gasteiger partial charge on any atom is 0.257 e. The fourth-order valence-corrected chi connectivity index (χ4v) is 2.74. The van der Waals surface area contributed by atoms with Gasteiger partial charge >= 0.3 is 0 Å². The third-order valence-electron chi connectivity index (χ3n) is 3.53. The summed E-state index contributed by atoms with van der Waals surface area (Å²) in [5.74, 6) is -0.616. The predicted molar refractivity (Wildman–Crippen MR) is 107 cm³/mol. The number of carbonyl (C=O) groups is 2. The average Bonchev–Trinajstić information content (AvgIpc) is 2.53. The molecule has 0 bridgehead atoms. The Hall–Kier alpha value is -2.87. The minimum Gasteiger partial charge on any atom is -0.326 e. The lowest BCUT2D eigenvalue weighted by Gasteiger charge is -2.18. The lowest BCUT2D eigenvalue weighted by Crippen LogP contribution is -2.27. The van der Waals surface area contributed by atoms with Gasteiger partial charge in [-0.15, -0.1) is 0 Å². The van der Waals surface area contributed by atoms with E-state index in [1.165, 1.54) is 12.1 Å². The molecule has 0 aromatic heterocycles. The van der Waals surface area contributed by atoms with E-state index >= 15 is 0 Å².